The van der Waals surface area contributed by atoms with E-state index in [-0.39, 0.29) is 6.17 Å². The molecule has 3 aromatic carbocycles. The number of para-hydroxylation sites is 3. The van der Waals surface area contributed by atoms with Crippen molar-refractivity contribution in [3.63, 3.8) is 0 Å². The fraction of sp³-hybridized carbons (Fsp3) is 0.0952. The predicted molar refractivity (Wildman–Crippen MR) is 103 cm³/mol. The van der Waals surface area contributed by atoms with Gasteiger partial charge in [-0.05, 0) is 42.0 Å². The number of fused-ring (bicyclic) bond motifs is 5. The van der Waals surface area contributed by atoms with Crippen LogP contribution in [0.4, 0.5) is 5.69 Å². The molecule has 25 heavy (non-hydrogen) atoms. The van der Waals surface area contributed by atoms with E-state index in [1.807, 2.05) is 18.2 Å². The highest BCUT2D eigenvalue weighted by atomic mass is 35.5. The maximum absolute atomic E-state index is 6.11. The van der Waals surface area contributed by atoms with Crippen LogP contribution < -0.4 is 4.90 Å². The number of imidazole rings is 1. The lowest BCUT2D eigenvalue weighted by molar-refractivity contribution is 0.582. The first-order valence-corrected chi connectivity index (χ1v) is 8.66. The number of hydrogen-bond acceptors (Lipinski definition) is 2. The Morgan fingerprint density at radius 3 is 2.44 bits per heavy atom. The summed E-state index contributed by atoms with van der Waals surface area (Å²) in [6, 6.07) is 24.8. The third-order valence-electron chi connectivity index (χ3n) is 4.90. The van der Waals surface area contributed by atoms with Crippen molar-refractivity contribution in [2.75, 3.05) is 11.9 Å². The second-order valence-corrected chi connectivity index (χ2v) is 6.78. The minimum Gasteiger partial charge on any atom is -0.350 e. The highest BCUT2D eigenvalue weighted by Crippen LogP contribution is 2.43. The molecule has 0 N–H and O–H groups in total. The third kappa shape index (κ3) is 2.09. The van der Waals surface area contributed by atoms with Gasteiger partial charge in [-0.25, -0.2) is 4.98 Å². The average Bonchev–Trinajstić information content (AvgIpc) is 3.03. The van der Waals surface area contributed by atoms with Crippen LogP contribution >= 0.6 is 11.6 Å². The number of anilines is 1. The molecule has 0 bridgehead atoms. The number of benzene rings is 3. The summed E-state index contributed by atoms with van der Waals surface area (Å²) >= 11 is 6.11. The van der Waals surface area contributed by atoms with Crippen LogP contribution in [0.3, 0.4) is 0 Å². The van der Waals surface area contributed by atoms with Crippen LogP contribution in [-0.4, -0.2) is 16.6 Å². The average molecular weight is 346 g/mol. The van der Waals surface area contributed by atoms with E-state index in [1.165, 1.54) is 11.3 Å². The number of aromatic nitrogens is 2. The lowest BCUT2D eigenvalue weighted by atomic mass is 10.0. The zero-order valence-electron chi connectivity index (χ0n) is 13.7. The van der Waals surface area contributed by atoms with Crippen LogP contribution in [0.15, 0.2) is 72.8 Å². The zero-order chi connectivity index (χ0) is 17.0. The second-order valence-electron chi connectivity index (χ2n) is 6.35. The minimum atomic E-state index is 0.0366. The van der Waals surface area contributed by atoms with Crippen LogP contribution in [0, 0.1) is 0 Å². The van der Waals surface area contributed by atoms with E-state index in [0.29, 0.717) is 0 Å². The molecule has 0 spiro atoms. The third-order valence-corrected chi connectivity index (χ3v) is 5.15. The standard InChI is InChI=1S/C21H16ClN3/c1-24-18-8-4-2-6-16(18)20-23-17-7-3-5-9-19(17)25(20)21(24)14-10-12-15(22)13-11-14/h2-13,21H,1H3/t21-/m1/s1. The minimum absolute atomic E-state index is 0.0366. The molecule has 3 nitrogen and oxygen atoms in total. The molecule has 0 fully saturated rings. The fourth-order valence-corrected chi connectivity index (χ4v) is 3.89. The molecule has 0 aliphatic carbocycles. The van der Waals surface area contributed by atoms with E-state index in [2.05, 4.69) is 71.1 Å². The second kappa shape index (κ2) is 5.36. The zero-order valence-corrected chi connectivity index (χ0v) is 14.5. The van der Waals surface area contributed by atoms with Gasteiger partial charge in [-0.15, -0.1) is 0 Å². The van der Waals surface area contributed by atoms with E-state index in [1.54, 1.807) is 0 Å². The Hall–Kier alpha value is -2.78. The molecule has 0 saturated carbocycles. The first-order chi connectivity index (χ1) is 12.2. The molecule has 0 radical (unpaired) electrons. The molecule has 1 aliphatic heterocycles. The number of rotatable bonds is 1. The number of hydrogen-bond donors (Lipinski definition) is 0. The van der Waals surface area contributed by atoms with Crippen molar-refractivity contribution in [1.82, 2.24) is 9.55 Å². The van der Waals surface area contributed by atoms with E-state index >= 15 is 0 Å². The molecule has 122 valence electrons. The molecular formula is C21H16ClN3. The van der Waals surface area contributed by atoms with Crippen LogP contribution in [-0.2, 0) is 0 Å². The van der Waals surface area contributed by atoms with Crippen molar-refractivity contribution >= 4 is 28.3 Å². The van der Waals surface area contributed by atoms with Crippen molar-refractivity contribution in [3.8, 4) is 11.4 Å². The maximum Gasteiger partial charge on any atom is 0.145 e. The molecule has 1 aromatic heterocycles. The van der Waals surface area contributed by atoms with E-state index in [4.69, 9.17) is 16.6 Å². The molecule has 0 unspecified atom stereocenters. The SMILES string of the molecule is CN1c2ccccc2-c2nc3ccccc3n2[C@@H]1c1ccc(Cl)cc1. The summed E-state index contributed by atoms with van der Waals surface area (Å²) in [5.74, 6) is 1.01. The van der Waals surface area contributed by atoms with Crippen LogP contribution in [0.2, 0.25) is 5.02 Å². The lowest BCUT2D eigenvalue weighted by Crippen LogP contribution is -2.34. The molecule has 0 saturated heterocycles. The Bertz CT molecular complexity index is 1080. The smallest absolute Gasteiger partial charge is 0.145 e. The van der Waals surface area contributed by atoms with Crippen LogP contribution in [0.25, 0.3) is 22.4 Å². The molecule has 0 amide bonds. The van der Waals surface area contributed by atoms with Crippen LogP contribution in [0.5, 0.6) is 0 Å². The highest BCUT2D eigenvalue weighted by Gasteiger charge is 2.31. The first-order valence-electron chi connectivity index (χ1n) is 8.29. The van der Waals surface area contributed by atoms with Gasteiger partial charge in [-0.3, -0.25) is 4.57 Å². The normalized spacial score (nSPS) is 15.9. The number of halogens is 1. The molecule has 5 rings (SSSR count). The monoisotopic (exact) mass is 345 g/mol. The largest absolute Gasteiger partial charge is 0.350 e. The van der Waals surface area contributed by atoms with Gasteiger partial charge in [0.25, 0.3) is 0 Å². The Morgan fingerprint density at radius 1 is 0.880 bits per heavy atom. The topological polar surface area (TPSA) is 21.1 Å². The Morgan fingerprint density at radius 2 is 1.60 bits per heavy atom. The van der Waals surface area contributed by atoms with Gasteiger partial charge in [0.2, 0.25) is 0 Å². The van der Waals surface area contributed by atoms with Crippen molar-refractivity contribution in [3.05, 3.63) is 83.4 Å². The van der Waals surface area contributed by atoms with Gasteiger partial charge in [0.1, 0.15) is 12.0 Å². The molecular weight excluding hydrogens is 330 g/mol. The van der Waals surface area contributed by atoms with Gasteiger partial charge in [0.05, 0.1) is 11.0 Å². The fourth-order valence-electron chi connectivity index (χ4n) is 3.76. The summed E-state index contributed by atoms with van der Waals surface area (Å²) in [6.45, 7) is 0. The number of nitrogens with zero attached hydrogens (tertiary/aromatic N) is 3. The van der Waals surface area contributed by atoms with Gasteiger partial charge in [-0.1, -0.05) is 48.0 Å². The quantitative estimate of drug-likeness (QED) is 0.463. The Kier molecular flexibility index (Phi) is 3.12. The summed E-state index contributed by atoms with van der Waals surface area (Å²) in [5.41, 5.74) is 5.68. The maximum atomic E-state index is 6.11. The van der Waals surface area contributed by atoms with Gasteiger partial charge in [0.15, 0.2) is 0 Å². The van der Waals surface area contributed by atoms with Crippen molar-refractivity contribution < 1.29 is 0 Å². The van der Waals surface area contributed by atoms with E-state index < -0.39 is 0 Å². The summed E-state index contributed by atoms with van der Waals surface area (Å²) < 4.78 is 2.32. The molecule has 4 aromatic rings. The Labute approximate surface area is 151 Å². The summed E-state index contributed by atoms with van der Waals surface area (Å²) in [5, 5.41) is 0.748. The van der Waals surface area contributed by atoms with Crippen LogP contribution in [0.1, 0.15) is 11.7 Å². The van der Waals surface area contributed by atoms with Gasteiger partial charge in [-0.2, -0.15) is 0 Å². The summed E-state index contributed by atoms with van der Waals surface area (Å²) in [7, 11) is 2.13. The Balaban J connectivity index is 1.85. The highest BCUT2D eigenvalue weighted by molar-refractivity contribution is 6.30. The van der Waals surface area contributed by atoms with Crippen molar-refractivity contribution in [2.45, 2.75) is 6.17 Å². The summed E-state index contributed by atoms with van der Waals surface area (Å²) in [4.78, 5) is 7.24. The molecule has 2 heterocycles. The summed E-state index contributed by atoms with van der Waals surface area (Å²) in [6.07, 6.45) is 0.0366. The first kappa shape index (κ1) is 14.6. The van der Waals surface area contributed by atoms with Gasteiger partial charge in [0, 0.05) is 23.3 Å². The predicted octanol–water partition coefficient (Wildman–Crippen LogP) is 5.35. The molecule has 4 heteroatoms. The lowest BCUT2D eigenvalue weighted by Gasteiger charge is -2.38. The van der Waals surface area contributed by atoms with E-state index in [0.717, 1.165) is 27.4 Å². The van der Waals surface area contributed by atoms with Gasteiger partial charge >= 0.3 is 0 Å². The van der Waals surface area contributed by atoms with E-state index in [9.17, 15) is 0 Å². The van der Waals surface area contributed by atoms with Gasteiger partial charge < -0.3 is 4.90 Å². The molecule has 1 atom stereocenters. The molecule has 1 aliphatic rings. The van der Waals surface area contributed by atoms with Crippen molar-refractivity contribution in [1.29, 1.82) is 0 Å². The van der Waals surface area contributed by atoms with Crippen molar-refractivity contribution in [2.24, 2.45) is 0 Å².